The predicted molar refractivity (Wildman–Crippen MR) is 127 cm³/mol. The van der Waals surface area contributed by atoms with Crippen molar-refractivity contribution in [1.29, 1.82) is 0 Å². The molecule has 1 heterocycles. The van der Waals surface area contributed by atoms with Gasteiger partial charge in [-0.15, -0.1) is 0 Å². The summed E-state index contributed by atoms with van der Waals surface area (Å²) in [4.78, 5) is 13.1. The van der Waals surface area contributed by atoms with Gasteiger partial charge in [0.1, 0.15) is 19.0 Å². The van der Waals surface area contributed by atoms with Gasteiger partial charge in [0.2, 0.25) is 0 Å². The second kappa shape index (κ2) is 11.1. The molecule has 1 aliphatic heterocycles. The minimum atomic E-state index is -0.788. The van der Waals surface area contributed by atoms with Gasteiger partial charge in [-0.1, -0.05) is 60.7 Å². The highest BCUT2D eigenvalue weighted by atomic mass is 19.1. The molecule has 5 heteroatoms. The van der Waals surface area contributed by atoms with Crippen LogP contribution in [0, 0.1) is 0 Å². The fraction of sp³-hybridized carbons (Fsp3) is 0.321. The van der Waals surface area contributed by atoms with Gasteiger partial charge in [-0.25, -0.2) is 4.39 Å². The monoisotopic (exact) mass is 447 g/mol. The van der Waals surface area contributed by atoms with Crippen LogP contribution in [0.2, 0.25) is 0 Å². The summed E-state index contributed by atoms with van der Waals surface area (Å²) in [7, 11) is 0. The first-order chi connectivity index (χ1) is 16.1. The van der Waals surface area contributed by atoms with Crippen molar-refractivity contribution in [3.8, 4) is 5.75 Å². The summed E-state index contributed by atoms with van der Waals surface area (Å²) in [6.07, 6.45) is 2.85. The first kappa shape index (κ1) is 23.0. The first-order valence-corrected chi connectivity index (χ1v) is 11.5. The number of carbonyl (C=O) groups is 1. The Balaban J connectivity index is 1.31. The third-order valence-electron chi connectivity index (χ3n) is 6.29. The number of aryl methyl sites for hydroxylation is 1. The average Bonchev–Trinajstić information content (AvgIpc) is 3.30. The molecule has 1 unspecified atom stereocenters. The zero-order chi connectivity index (χ0) is 23.0. The lowest BCUT2D eigenvalue weighted by molar-refractivity contribution is -0.136. The fourth-order valence-corrected chi connectivity index (χ4v) is 4.49. The average molecular weight is 448 g/mol. The van der Waals surface area contributed by atoms with Crippen molar-refractivity contribution >= 4 is 5.97 Å². The standard InChI is InChI=1S/C28H30FNO3/c29-18-24-4-1-2-5-26(24)27-6-3-17-30(27)19-22-7-9-23(10-8-22)20-33-25-14-11-21(12-15-25)13-16-28(31)32/h1-2,4-5,7-12,14-15,27H,3,6,13,16-20H2,(H,31,32). The maximum Gasteiger partial charge on any atom is 0.303 e. The summed E-state index contributed by atoms with van der Waals surface area (Å²) in [5.74, 6) is -0.0202. The molecule has 33 heavy (non-hydrogen) atoms. The number of carboxylic acids is 1. The summed E-state index contributed by atoms with van der Waals surface area (Å²) in [5.41, 5.74) is 5.25. The number of benzene rings is 3. The van der Waals surface area contributed by atoms with Gasteiger partial charge in [-0.05, 0) is 65.8 Å². The summed E-state index contributed by atoms with van der Waals surface area (Å²) in [6.45, 7) is 1.94. The van der Waals surface area contributed by atoms with E-state index in [1.807, 2.05) is 42.5 Å². The molecule has 0 aliphatic carbocycles. The van der Waals surface area contributed by atoms with Crippen LogP contribution < -0.4 is 4.74 Å². The van der Waals surface area contributed by atoms with Crippen LogP contribution in [0.1, 0.15) is 53.1 Å². The zero-order valence-corrected chi connectivity index (χ0v) is 18.8. The fourth-order valence-electron chi connectivity index (χ4n) is 4.49. The number of alkyl halides is 1. The van der Waals surface area contributed by atoms with Gasteiger partial charge in [0.15, 0.2) is 0 Å². The van der Waals surface area contributed by atoms with Crippen LogP contribution in [0.25, 0.3) is 0 Å². The van der Waals surface area contributed by atoms with Crippen molar-refractivity contribution < 1.29 is 19.0 Å². The normalized spacial score (nSPS) is 16.1. The lowest BCUT2D eigenvalue weighted by Gasteiger charge is -2.26. The lowest BCUT2D eigenvalue weighted by Crippen LogP contribution is -2.23. The number of ether oxygens (including phenoxy) is 1. The molecule has 0 saturated carbocycles. The molecule has 1 fully saturated rings. The largest absolute Gasteiger partial charge is 0.489 e. The molecular formula is C28H30FNO3. The molecule has 1 aliphatic rings. The summed E-state index contributed by atoms with van der Waals surface area (Å²) < 4.78 is 19.3. The SMILES string of the molecule is O=C(O)CCc1ccc(OCc2ccc(CN3CCCC3c3ccccc3CF)cc2)cc1. The second-order valence-electron chi connectivity index (χ2n) is 8.60. The van der Waals surface area contributed by atoms with E-state index >= 15 is 0 Å². The Morgan fingerprint density at radius 2 is 1.67 bits per heavy atom. The number of aliphatic carboxylic acids is 1. The number of rotatable bonds is 10. The van der Waals surface area contributed by atoms with E-state index in [1.165, 1.54) is 5.56 Å². The number of nitrogens with zero attached hydrogens (tertiary/aromatic N) is 1. The topological polar surface area (TPSA) is 49.8 Å². The molecule has 1 saturated heterocycles. The van der Waals surface area contributed by atoms with Gasteiger partial charge in [-0.3, -0.25) is 9.69 Å². The Bertz CT molecular complexity index is 1050. The Labute approximate surface area is 194 Å². The van der Waals surface area contributed by atoms with Crippen LogP contribution in [-0.4, -0.2) is 22.5 Å². The van der Waals surface area contributed by atoms with Crippen LogP contribution >= 0.6 is 0 Å². The number of halogens is 1. The number of carboxylic acid groups (broad SMARTS) is 1. The van der Waals surface area contributed by atoms with E-state index in [-0.39, 0.29) is 12.5 Å². The molecule has 3 aromatic rings. The molecule has 172 valence electrons. The van der Waals surface area contributed by atoms with E-state index in [2.05, 4.69) is 35.2 Å². The summed E-state index contributed by atoms with van der Waals surface area (Å²) in [5, 5.41) is 8.78. The molecule has 3 aromatic carbocycles. The predicted octanol–water partition coefficient (Wildman–Crippen LogP) is 6.09. The van der Waals surface area contributed by atoms with Crippen LogP contribution in [-0.2, 0) is 31.0 Å². The molecule has 1 N–H and O–H groups in total. The molecule has 0 amide bonds. The van der Waals surface area contributed by atoms with Crippen molar-refractivity contribution in [2.24, 2.45) is 0 Å². The number of likely N-dealkylation sites (tertiary alicyclic amines) is 1. The third kappa shape index (κ3) is 6.20. The smallest absolute Gasteiger partial charge is 0.303 e. The number of hydrogen-bond acceptors (Lipinski definition) is 3. The lowest BCUT2D eigenvalue weighted by atomic mass is 9.98. The minimum Gasteiger partial charge on any atom is -0.489 e. The van der Waals surface area contributed by atoms with Crippen molar-refractivity contribution in [2.45, 2.75) is 51.6 Å². The van der Waals surface area contributed by atoms with Crippen LogP contribution in [0.3, 0.4) is 0 Å². The Hall–Kier alpha value is -3.18. The summed E-state index contributed by atoms with van der Waals surface area (Å²) in [6, 6.07) is 24.2. The minimum absolute atomic E-state index is 0.132. The molecule has 1 atom stereocenters. The van der Waals surface area contributed by atoms with E-state index in [0.29, 0.717) is 13.0 Å². The van der Waals surface area contributed by atoms with Crippen LogP contribution in [0.15, 0.2) is 72.8 Å². The van der Waals surface area contributed by atoms with Crippen molar-refractivity contribution in [1.82, 2.24) is 4.90 Å². The van der Waals surface area contributed by atoms with E-state index in [1.54, 1.807) is 0 Å². The summed E-state index contributed by atoms with van der Waals surface area (Å²) >= 11 is 0. The molecule has 4 rings (SSSR count). The van der Waals surface area contributed by atoms with Crippen LogP contribution in [0.5, 0.6) is 5.75 Å². The highest BCUT2D eigenvalue weighted by Gasteiger charge is 2.27. The quantitative estimate of drug-likeness (QED) is 0.409. The van der Waals surface area contributed by atoms with Gasteiger partial charge in [0, 0.05) is 19.0 Å². The molecule has 0 bridgehead atoms. The number of hydrogen-bond donors (Lipinski definition) is 1. The second-order valence-corrected chi connectivity index (χ2v) is 8.60. The highest BCUT2D eigenvalue weighted by molar-refractivity contribution is 5.67. The first-order valence-electron chi connectivity index (χ1n) is 11.5. The molecule has 4 nitrogen and oxygen atoms in total. The van der Waals surface area contributed by atoms with Crippen molar-refractivity contribution in [3.05, 3.63) is 101 Å². The van der Waals surface area contributed by atoms with Crippen molar-refractivity contribution in [2.75, 3.05) is 6.54 Å². The van der Waals surface area contributed by atoms with E-state index in [9.17, 15) is 9.18 Å². The maximum absolute atomic E-state index is 13.5. The Morgan fingerprint density at radius 1 is 0.970 bits per heavy atom. The van der Waals surface area contributed by atoms with E-state index in [4.69, 9.17) is 9.84 Å². The van der Waals surface area contributed by atoms with E-state index in [0.717, 1.165) is 53.9 Å². The van der Waals surface area contributed by atoms with Gasteiger partial charge in [0.25, 0.3) is 0 Å². The van der Waals surface area contributed by atoms with Gasteiger partial charge >= 0.3 is 5.97 Å². The third-order valence-corrected chi connectivity index (χ3v) is 6.29. The Morgan fingerprint density at radius 3 is 2.39 bits per heavy atom. The van der Waals surface area contributed by atoms with Crippen molar-refractivity contribution in [3.63, 3.8) is 0 Å². The molecule has 0 radical (unpaired) electrons. The van der Waals surface area contributed by atoms with Gasteiger partial charge in [0.05, 0.1) is 0 Å². The van der Waals surface area contributed by atoms with Crippen LogP contribution in [0.4, 0.5) is 4.39 Å². The molecule has 0 aromatic heterocycles. The van der Waals surface area contributed by atoms with Gasteiger partial charge in [-0.2, -0.15) is 0 Å². The Kier molecular flexibility index (Phi) is 7.74. The molecular weight excluding hydrogens is 417 g/mol. The maximum atomic E-state index is 13.5. The zero-order valence-electron chi connectivity index (χ0n) is 18.8. The van der Waals surface area contributed by atoms with E-state index < -0.39 is 12.6 Å². The van der Waals surface area contributed by atoms with Gasteiger partial charge < -0.3 is 9.84 Å². The highest BCUT2D eigenvalue weighted by Crippen LogP contribution is 2.35. The molecule has 0 spiro atoms.